The number of fused-ring (bicyclic) bond motifs is 1. The van der Waals surface area contributed by atoms with Gasteiger partial charge in [-0.3, -0.25) is 4.79 Å². The van der Waals surface area contributed by atoms with Crippen molar-refractivity contribution in [2.75, 3.05) is 7.11 Å². The van der Waals surface area contributed by atoms with E-state index in [2.05, 4.69) is 12.1 Å². The monoisotopic (exact) mass is 204 g/mol. The van der Waals surface area contributed by atoms with Crippen molar-refractivity contribution in [3.05, 3.63) is 29.3 Å². The van der Waals surface area contributed by atoms with E-state index in [0.717, 1.165) is 25.0 Å². The van der Waals surface area contributed by atoms with Crippen LogP contribution in [0.25, 0.3) is 0 Å². The highest BCUT2D eigenvalue weighted by Gasteiger charge is 2.21. The second kappa shape index (κ2) is 4.05. The number of Topliss-reactive ketones (excluding diaryl/α,β-unsaturated/α-hetero) is 1. The van der Waals surface area contributed by atoms with Crippen LogP contribution in [0.5, 0.6) is 5.75 Å². The second-order valence-electron chi connectivity index (χ2n) is 4.19. The molecule has 0 saturated carbocycles. The number of methoxy groups -OCH3 is 1. The lowest BCUT2D eigenvalue weighted by Gasteiger charge is -2.22. The van der Waals surface area contributed by atoms with Crippen molar-refractivity contribution in [1.82, 2.24) is 0 Å². The quantitative estimate of drug-likeness (QED) is 0.739. The molecule has 1 atom stereocenters. The van der Waals surface area contributed by atoms with Gasteiger partial charge in [0.05, 0.1) is 7.11 Å². The smallest absolute Gasteiger partial charge is 0.133 e. The summed E-state index contributed by atoms with van der Waals surface area (Å²) in [6.45, 7) is 1.69. The van der Waals surface area contributed by atoms with Gasteiger partial charge >= 0.3 is 0 Å². The van der Waals surface area contributed by atoms with E-state index in [1.807, 2.05) is 6.07 Å². The number of hydrogen-bond acceptors (Lipinski definition) is 2. The fraction of sp³-hybridized carbons (Fsp3) is 0.462. The van der Waals surface area contributed by atoms with Crippen LogP contribution in [-0.2, 0) is 17.6 Å². The molecule has 0 spiro atoms. The van der Waals surface area contributed by atoms with Crippen LogP contribution in [0, 0.1) is 5.92 Å². The van der Waals surface area contributed by atoms with Crippen molar-refractivity contribution in [2.45, 2.75) is 26.2 Å². The highest BCUT2D eigenvalue weighted by Crippen LogP contribution is 2.28. The molecular formula is C13H16O2. The van der Waals surface area contributed by atoms with Gasteiger partial charge in [0.15, 0.2) is 0 Å². The van der Waals surface area contributed by atoms with E-state index in [0.29, 0.717) is 5.78 Å². The van der Waals surface area contributed by atoms with Gasteiger partial charge in [0, 0.05) is 5.92 Å². The molecule has 2 heteroatoms. The van der Waals surface area contributed by atoms with Gasteiger partial charge in [0.1, 0.15) is 11.5 Å². The maximum atomic E-state index is 11.3. The number of rotatable bonds is 2. The van der Waals surface area contributed by atoms with E-state index in [1.165, 1.54) is 11.1 Å². The van der Waals surface area contributed by atoms with Gasteiger partial charge in [-0.1, -0.05) is 6.07 Å². The third-order valence-corrected chi connectivity index (χ3v) is 3.22. The minimum absolute atomic E-state index is 0.213. The topological polar surface area (TPSA) is 26.3 Å². The summed E-state index contributed by atoms with van der Waals surface area (Å²) in [5.41, 5.74) is 2.65. The minimum Gasteiger partial charge on any atom is -0.497 e. The molecule has 0 amide bonds. The summed E-state index contributed by atoms with van der Waals surface area (Å²) in [5, 5.41) is 0. The van der Waals surface area contributed by atoms with Gasteiger partial charge in [-0.05, 0) is 49.4 Å². The van der Waals surface area contributed by atoms with Crippen LogP contribution in [0.2, 0.25) is 0 Å². The lowest BCUT2D eigenvalue weighted by Crippen LogP contribution is -2.20. The fourth-order valence-electron chi connectivity index (χ4n) is 2.21. The van der Waals surface area contributed by atoms with Crippen molar-refractivity contribution in [3.8, 4) is 5.75 Å². The number of carbonyl (C=O) groups excluding carboxylic acids is 1. The van der Waals surface area contributed by atoms with Crippen molar-refractivity contribution >= 4 is 5.78 Å². The Bertz CT molecular complexity index is 382. The number of aryl methyl sites for hydroxylation is 1. The molecule has 0 radical (unpaired) electrons. The normalized spacial score (nSPS) is 19.5. The Balaban J connectivity index is 2.27. The molecule has 0 aliphatic heterocycles. The van der Waals surface area contributed by atoms with E-state index in [4.69, 9.17) is 4.74 Å². The zero-order valence-corrected chi connectivity index (χ0v) is 9.25. The number of benzene rings is 1. The first-order chi connectivity index (χ1) is 7.20. The van der Waals surface area contributed by atoms with Crippen molar-refractivity contribution in [2.24, 2.45) is 5.92 Å². The van der Waals surface area contributed by atoms with Gasteiger partial charge in [-0.2, -0.15) is 0 Å². The maximum Gasteiger partial charge on any atom is 0.133 e. The number of carbonyl (C=O) groups is 1. The highest BCUT2D eigenvalue weighted by molar-refractivity contribution is 5.79. The van der Waals surface area contributed by atoms with Crippen molar-refractivity contribution in [1.29, 1.82) is 0 Å². The third-order valence-electron chi connectivity index (χ3n) is 3.22. The SMILES string of the molecule is COc1ccc2c(c1)CC(C(C)=O)CC2. The first-order valence-electron chi connectivity index (χ1n) is 5.37. The molecule has 1 aliphatic carbocycles. The number of hydrogen-bond donors (Lipinski definition) is 0. The Morgan fingerprint density at radius 3 is 2.87 bits per heavy atom. The van der Waals surface area contributed by atoms with Crippen LogP contribution < -0.4 is 4.74 Å². The first-order valence-corrected chi connectivity index (χ1v) is 5.37. The molecule has 2 rings (SSSR count). The van der Waals surface area contributed by atoms with Crippen LogP contribution in [-0.4, -0.2) is 12.9 Å². The summed E-state index contributed by atoms with van der Waals surface area (Å²) in [4.78, 5) is 11.3. The van der Waals surface area contributed by atoms with Crippen LogP contribution in [0.4, 0.5) is 0 Å². The predicted molar refractivity (Wildman–Crippen MR) is 59.2 cm³/mol. The number of ketones is 1. The lowest BCUT2D eigenvalue weighted by molar-refractivity contribution is -0.121. The van der Waals surface area contributed by atoms with Crippen LogP contribution >= 0.6 is 0 Å². The maximum absolute atomic E-state index is 11.3. The summed E-state index contributed by atoms with van der Waals surface area (Å²) in [6, 6.07) is 6.17. The van der Waals surface area contributed by atoms with Crippen LogP contribution in [0.15, 0.2) is 18.2 Å². The van der Waals surface area contributed by atoms with Gasteiger partial charge in [-0.25, -0.2) is 0 Å². The standard InChI is InChI=1S/C13H16O2/c1-9(14)11-4-3-10-5-6-13(15-2)8-12(10)7-11/h5-6,8,11H,3-4,7H2,1-2H3. The Kier molecular flexibility index (Phi) is 2.76. The van der Waals surface area contributed by atoms with E-state index < -0.39 is 0 Å². The molecule has 0 N–H and O–H groups in total. The molecule has 0 fully saturated rings. The van der Waals surface area contributed by atoms with Gasteiger partial charge in [0.25, 0.3) is 0 Å². The molecule has 0 bridgehead atoms. The minimum atomic E-state index is 0.213. The van der Waals surface area contributed by atoms with E-state index >= 15 is 0 Å². The summed E-state index contributed by atoms with van der Waals surface area (Å²) in [6.07, 6.45) is 2.89. The van der Waals surface area contributed by atoms with E-state index in [9.17, 15) is 4.79 Å². The Morgan fingerprint density at radius 2 is 2.20 bits per heavy atom. The predicted octanol–water partition coefficient (Wildman–Crippen LogP) is 2.39. The van der Waals surface area contributed by atoms with Crippen LogP contribution in [0.3, 0.4) is 0 Å². The lowest BCUT2D eigenvalue weighted by atomic mass is 9.82. The zero-order valence-electron chi connectivity index (χ0n) is 9.25. The van der Waals surface area contributed by atoms with Crippen LogP contribution in [0.1, 0.15) is 24.5 Å². The fourth-order valence-corrected chi connectivity index (χ4v) is 2.21. The molecule has 1 aliphatic rings. The van der Waals surface area contributed by atoms with Crippen molar-refractivity contribution < 1.29 is 9.53 Å². The summed E-state index contributed by atoms with van der Waals surface area (Å²) < 4.78 is 5.19. The molecular weight excluding hydrogens is 188 g/mol. The molecule has 0 saturated heterocycles. The molecule has 15 heavy (non-hydrogen) atoms. The molecule has 1 unspecified atom stereocenters. The second-order valence-corrected chi connectivity index (χ2v) is 4.19. The first kappa shape index (κ1) is 10.2. The molecule has 1 aromatic carbocycles. The molecule has 2 nitrogen and oxygen atoms in total. The van der Waals surface area contributed by atoms with E-state index in [-0.39, 0.29) is 5.92 Å². The summed E-state index contributed by atoms with van der Waals surface area (Å²) in [7, 11) is 1.67. The van der Waals surface area contributed by atoms with Gasteiger partial charge in [-0.15, -0.1) is 0 Å². The molecule has 0 heterocycles. The molecule has 80 valence electrons. The third kappa shape index (κ3) is 2.04. The largest absolute Gasteiger partial charge is 0.497 e. The Morgan fingerprint density at radius 1 is 1.40 bits per heavy atom. The summed E-state index contributed by atoms with van der Waals surface area (Å²) >= 11 is 0. The van der Waals surface area contributed by atoms with Crippen molar-refractivity contribution in [3.63, 3.8) is 0 Å². The van der Waals surface area contributed by atoms with Gasteiger partial charge in [0.2, 0.25) is 0 Å². The van der Waals surface area contributed by atoms with E-state index in [1.54, 1.807) is 14.0 Å². The average Bonchev–Trinajstić information content (AvgIpc) is 2.27. The highest BCUT2D eigenvalue weighted by atomic mass is 16.5. The average molecular weight is 204 g/mol. The molecule has 1 aromatic rings. The zero-order chi connectivity index (χ0) is 10.8. The molecule has 0 aromatic heterocycles. The Labute approximate surface area is 90.3 Å². The summed E-state index contributed by atoms with van der Waals surface area (Å²) in [5.74, 6) is 1.41. The van der Waals surface area contributed by atoms with Gasteiger partial charge < -0.3 is 4.74 Å². The Hall–Kier alpha value is -1.31. The number of ether oxygens (including phenoxy) is 1.